The van der Waals surface area contributed by atoms with Gasteiger partial charge in [0.1, 0.15) is 0 Å². The topological polar surface area (TPSA) is 91.0 Å². The summed E-state index contributed by atoms with van der Waals surface area (Å²) < 4.78 is 0. The number of oxime groups is 1. The van der Waals surface area contributed by atoms with Gasteiger partial charge in [0.15, 0.2) is 5.84 Å². The van der Waals surface area contributed by atoms with Crippen molar-refractivity contribution >= 4 is 23.1 Å². The molecule has 0 heterocycles. The van der Waals surface area contributed by atoms with Crippen LogP contribution in [0.3, 0.4) is 0 Å². The van der Waals surface area contributed by atoms with Crippen LogP contribution in [-0.4, -0.2) is 30.0 Å². The Morgan fingerprint density at radius 3 is 2.37 bits per heavy atom. The number of benzene rings is 3. The largest absolute Gasteiger partial charge is 0.409 e. The number of carbonyl (C=O) groups excluding carboxylic acids is 1. The fraction of sp³-hybridized carbons (Fsp3) is 0.167. The van der Waals surface area contributed by atoms with Gasteiger partial charge in [-0.25, -0.2) is 0 Å². The first kappa shape index (κ1) is 20.9. The third-order valence-corrected chi connectivity index (χ3v) is 5.00. The van der Waals surface area contributed by atoms with Gasteiger partial charge in [0, 0.05) is 29.9 Å². The number of amides is 1. The monoisotopic (exact) mass is 402 g/mol. The Bertz CT molecular complexity index is 1040. The van der Waals surface area contributed by atoms with Crippen LogP contribution in [0, 0.1) is 0 Å². The minimum Gasteiger partial charge on any atom is -0.409 e. The summed E-state index contributed by atoms with van der Waals surface area (Å²) in [7, 11) is 0. The number of amidine groups is 1. The molecule has 6 nitrogen and oxygen atoms in total. The summed E-state index contributed by atoms with van der Waals surface area (Å²) in [4.78, 5) is 15.2. The SMILES string of the molecule is CCN(CC)c1cccc(C(=O)Nc2cc(-c3ccccc3)ccc2/C(N)=N/O)c1. The number of carbonyl (C=O) groups is 1. The van der Waals surface area contributed by atoms with E-state index < -0.39 is 0 Å². The number of nitrogens with one attached hydrogen (secondary N) is 1. The van der Waals surface area contributed by atoms with Crippen molar-refractivity contribution in [3.05, 3.63) is 83.9 Å². The summed E-state index contributed by atoms with van der Waals surface area (Å²) in [5.41, 5.74) is 10.2. The van der Waals surface area contributed by atoms with E-state index in [-0.39, 0.29) is 11.7 Å². The third-order valence-electron chi connectivity index (χ3n) is 5.00. The van der Waals surface area contributed by atoms with Crippen LogP contribution < -0.4 is 16.0 Å². The van der Waals surface area contributed by atoms with Crippen molar-refractivity contribution in [2.75, 3.05) is 23.3 Å². The van der Waals surface area contributed by atoms with Crippen LogP contribution in [0.5, 0.6) is 0 Å². The first-order valence-corrected chi connectivity index (χ1v) is 9.91. The maximum absolute atomic E-state index is 13.0. The predicted octanol–water partition coefficient (Wildman–Crippen LogP) is 4.55. The lowest BCUT2D eigenvalue weighted by atomic mass is 10.0. The van der Waals surface area contributed by atoms with Crippen LogP contribution >= 0.6 is 0 Å². The average Bonchev–Trinajstić information content (AvgIpc) is 2.80. The van der Waals surface area contributed by atoms with Crippen molar-refractivity contribution in [1.82, 2.24) is 0 Å². The standard InChI is InChI=1S/C24H26N4O2/c1-3-28(4-2)20-12-8-11-19(15-20)24(29)26-22-16-18(17-9-6-5-7-10-17)13-14-21(22)23(25)27-30/h5-16,30H,3-4H2,1-2H3,(H2,25,27)(H,26,29). The van der Waals surface area contributed by atoms with Gasteiger partial charge >= 0.3 is 0 Å². The van der Waals surface area contributed by atoms with Crippen LogP contribution in [0.15, 0.2) is 78.0 Å². The molecule has 3 aromatic rings. The van der Waals surface area contributed by atoms with Crippen LogP contribution in [0.2, 0.25) is 0 Å². The summed E-state index contributed by atoms with van der Waals surface area (Å²) in [6.07, 6.45) is 0. The second kappa shape index (κ2) is 9.60. The normalized spacial score (nSPS) is 11.2. The molecule has 0 aromatic heterocycles. The maximum Gasteiger partial charge on any atom is 0.255 e. The molecular weight excluding hydrogens is 376 g/mol. The molecule has 0 aliphatic carbocycles. The van der Waals surface area contributed by atoms with Gasteiger partial charge < -0.3 is 21.2 Å². The highest BCUT2D eigenvalue weighted by atomic mass is 16.4. The summed E-state index contributed by atoms with van der Waals surface area (Å²) in [5.74, 6) is -0.331. The lowest BCUT2D eigenvalue weighted by molar-refractivity contribution is 0.102. The van der Waals surface area contributed by atoms with Crippen molar-refractivity contribution in [1.29, 1.82) is 0 Å². The summed E-state index contributed by atoms with van der Waals surface area (Å²) in [5, 5.41) is 15.2. The van der Waals surface area contributed by atoms with Gasteiger partial charge in [-0.05, 0) is 55.3 Å². The maximum atomic E-state index is 13.0. The summed E-state index contributed by atoms with van der Waals surface area (Å²) in [6, 6.07) is 22.7. The number of rotatable bonds is 7. The molecule has 0 saturated carbocycles. The minimum absolute atomic E-state index is 0.0678. The first-order valence-electron chi connectivity index (χ1n) is 9.91. The van der Waals surface area contributed by atoms with Gasteiger partial charge in [0.2, 0.25) is 0 Å². The quantitative estimate of drug-likeness (QED) is 0.234. The van der Waals surface area contributed by atoms with E-state index in [1.54, 1.807) is 12.1 Å². The second-order valence-electron chi connectivity index (χ2n) is 6.79. The van der Waals surface area contributed by atoms with Crippen molar-refractivity contribution < 1.29 is 10.0 Å². The van der Waals surface area contributed by atoms with Gasteiger partial charge in [-0.15, -0.1) is 0 Å². The fourth-order valence-corrected chi connectivity index (χ4v) is 3.36. The van der Waals surface area contributed by atoms with E-state index >= 15 is 0 Å². The zero-order chi connectivity index (χ0) is 21.5. The highest BCUT2D eigenvalue weighted by molar-refractivity contribution is 6.10. The summed E-state index contributed by atoms with van der Waals surface area (Å²) in [6.45, 7) is 5.87. The van der Waals surface area contributed by atoms with E-state index in [9.17, 15) is 4.79 Å². The van der Waals surface area contributed by atoms with Gasteiger partial charge in [-0.2, -0.15) is 0 Å². The van der Waals surface area contributed by atoms with Gasteiger partial charge in [0.25, 0.3) is 5.91 Å². The Hall–Kier alpha value is -3.80. The van der Waals surface area contributed by atoms with E-state index in [0.29, 0.717) is 16.8 Å². The molecule has 30 heavy (non-hydrogen) atoms. The van der Waals surface area contributed by atoms with Crippen LogP contribution in [0.25, 0.3) is 11.1 Å². The highest BCUT2D eigenvalue weighted by Crippen LogP contribution is 2.26. The van der Waals surface area contributed by atoms with Gasteiger partial charge in [-0.1, -0.05) is 47.6 Å². The molecule has 0 fully saturated rings. The smallest absolute Gasteiger partial charge is 0.255 e. The van der Waals surface area contributed by atoms with E-state index in [4.69, 9.17) is 10.9 Å². The van der Waals surface area contributed by atoms with Gasteiger partial charge in [0.05, 0.1) is 5.69 Å². The van der Waals surface area contributed by atoms with Crippen LogP contribution in [0.4, 0.5) is 11.4 Å². The number of hydrogen-bond donors (Lipinski definition) is 3. The fourth-order valence-electron chi connectivity index (χ4n) is 3.36. The van der Waals surface area contributed by atoms with E-state index in [1.807, 2.05) is 60.7 Å². The molecule has 6 heteroatoms. The molecule has 3 rings (SSSR count). The number of nitrogens with zero attached hydrogens (tertiary/aromatic N) is 2. The lowest BCUT2D eigenvalue weighted by Crippen LogP contribution is -2.23. The van der Waals surface area contributed by atoms with Crippen molar-refractivity contribution in [3.63, 3.8) is 0 Å². The van der Waals surface area contributed by atoms with Crippen LogP contribution in [0.1, 0.15) is 29.8 Å². The third kappa shape index (κ3) is 4.60. The minimum atomic E-state index is -0.263. The lowest BCUT2D eigenvalue weighted by Gasteiger charge is -2.21. The first-order chi connectivity index (χ1) is 14.6. The second-order valence-corrected chi connectivity index (χ2v) is 6.79. The highest BCUT2D eigenvalue weighted by Gasteiger charge is 2.14. The Morgan fingerprint density at radius 2 is 1.70 bits per heavy atom. The average molecular weight is 402 g/mol. The molecular formula is C24H26N4O2. The molecule has 1 amide bonds. The van der Waals surface area contributed by atoms with Crippen LogP contribution in [-0.2, 0) is 0 Å². The Balaban J connectivity index is 1.96. The Morgan fingerprint density at radius 1 is 0.967 bits per heavy atom. The van der Waals surface area contributed by atoms with E-state index in [0.717, 1.165) is 29.9 Å². The number of nitrogens with two attached hydrogens (primary N) is 1. The molecule has 0 radical (unpaired) electrons. The summed E-state index contributed by atoms with van der Waals surface area (Å²) >= 11 is 0. The van der Waals surface area contributed by atoms with E-state index in [1.165, 1.54) is 0 Å². The molecule has 0 unspecified atom stereocenters. The molecule has 0 atom stereocenters. The zero-order valence-corrected chi connectivity index (χ0v) is 17.2. The predicted molar refractivity (Wildman–Crippen MR) is 122 cm³/mol. The van der Waals surface area contributed by atoms with Crippen molar-refractivity contribution in [2.24, 2.45) is 10.9 Å². The van der Waals surface area contributed by atoms with Crippen molar-refractivity contribution in [2.45, 2.75) is 13.8 Å². The molecule has 0 aliphatic rings. The molecule has 154 valence electrons. The Labute approximate surface area is 176 Å². The van der Waals surface area contributed by atoms with E-state index in [2.05, 4.69) is 29.2 Å². The van der Waals surface area contributed by atoms with Crippen molar-refractivity contribution in [3.8, 4) is 11.1 Å². The van der Waals surface area contributed by atoms with Gasteiger partial charge in [-0.3, -0.25) is 4.79 Å². The molecule has 0 spiro atoms. The molecule has 3 aromatic carbocycles. The number of hydrogen-bond acceptors (Lipinski definition) is 4. The number of anilines is 2. The molecule has 0 bridgehead atoms. The molecule has 0 saturated heterocycles. The zero-order valence-electron chi connectivity index (χ0n) is 17.2. The molecule has 4 N–H and O–H groups in total. The molecule has 0 aliphatic heterocycles. The Kier molecular flexibility index (Phi) is 6.70.